The van der Waals surface area contributed by atoms with Gasteiger partial charge in [-0.05, 0) is 43.3 Å². The Hall–Kier alpha value is -1.46. The molecule has 0 amide bonds. The van der Waals surface area contributed by atoms with Crippen LogP contribution in [-0.4, -0.2) is 6.54 Å². The second-order valence-electron chi connectivity index (χ2n) is 4.62. The van der Waals surface area contributed by atoms with E-state index in [2.05, 4.69) is 5.32 Å². The van der Waals surface area contributed by atoms with E-state index in [1.807, 2.05) is 19.9 Å². The number of halogens is 3. The number of nitrogens with one attached hydrogen (secondary N) is 1. The number of benzene rings is 2. The molecule has 0 fully saturated rings. The molecule has 112 valence electrons. The topological polar surface area (TPSA) is 12.0 Å². The maximum atomic E-state index is 14.1. The van der Waals surface area contributed by atoms with E-state index < -0.39 is 11.6 Å². The lowest BCUT2D eigenvalue weighted by molar-refractivity contribution is 0.506. The second-order valence-corrected chi connectivity index (χ2v) is 5.70. The molecule has 2 aromatic rings. The summed E-state index contributed by atoms with van der Waals surface area (Å²) >= 11 is 1.10. The second kappa shape index (κ2) is 7.00. The highest BCUT2D eigenvalue weighted by molar-refractivity contribution is 7.99. The van der Waals surface area contributed by atoms with E-state index in [4.69, 9.17) is 0 Å². The fourth-order valence-corrected chi connectivity index (χ4v) is 3.11. The van der Waals surface area contributed by atoms with Gasteiger partial charge in [-0.2, -0.15) is 0 Å². The molecule has 0 aromatic heterocycles. The van der Waals surface area contributed by atoms with Gasteiger partial charge in [0.2, 0.25) is 0 Å². The molecule has 0 radical (unpaired) electrons. The summed E-state index contributed by atoms with van der Waals surface area (Å²) in [5.41, 5.74) is 0.798. The molecular formula is C16H16F3NS. The van der Waals surface area contributed by atoms with Gasteiger partial charge in [0.25, 0.3) is 0 Å². The predicted molar refractivity (Wildman–Crippen MR) is 79.0 cm³/mol. The van der Waals surface area contributed by atoms with Crippen molar-refractivity contribution in [2.75, 3.05) is 6.54 Å². The van der Waals surface area contributed by atoms with Crippen LogP contribution in [0.4, 0.5) is 13.2 Å². The van der Waals surface area contributed by atoms with Crippen LogP contribution in [0.3, 0.4) is 0 Å². The minimum absolute atomic E-state index is 0.0292. The zero-order valence-electron chi connectivity index (χ0n) is 11.8. The van der Waals surface area contributed by atoms with Gasteiger partial charge < -0.3 is 5.32 Å². The molecule has 0 saturated carbocycles. The largest absolute Gasteiger partial charge is 0.310 e. The van der Waals surface area contributed by atoms with Crippen LogP contribution in [0.25, 0.3) is 0 Å². The van der Waals surface area contributed by atoms with Crippen LogP contribution in [0.2, 0.25) is 0 Å². The van der Waals surface area contributed by atoms with Crippen molar-refractivity contribution in [2.24, 2.45) is 0 Å². The van der Waals surface area contributed by atoms with Gasteiger partial charge in [-0.1, -0.05) is 30.8 Å². The van der Waals surface area contributed by atoms with Crippen molar-refractivity contribution in [2.45, 2.75) is 29.7 Å². The molecule has 2 rings (SSSR count). The first-order valence-corrected chi connectivity index (χ1v) is 7.49. The molecule has 1 nitrogen and oxygen atoms in total. The Kier molecular flexibility index (Phi) is 5.31. The van der Waals surface area contributed by atoms with Crippen LogP contribution in [0, 0.1) is 17.5 Å². The summed E-state index contributed by atoms with van der Waals surface area (Å²) < 4.78 is 40.3. The normalized spacial score (nSPS) is 12.4. The Balaban J connectivity index is 2.36. The Morgan fingerprint density at radius 3 is 2.48 bits per heavy atom. The summed E-state index contributed by atoms with van der Waals surface area (Å²) in [6.45, 7) is 4.67. The van der Waals surface area contributed by atoms with E-state index in [1.54, 1.807) is 6.07 Å². The summed E-state index contributed by atoms with van der Waals surface area (Å²) in [4.78, 5) is 0.890. The fraction of sp³-hybridized carbons (Fsp3) is 0.250. The van der Waals surface area contributed by atoms with Crippen molar-refractivity contribution in [1.82, 2.24) is 5.32 Å². The lowest BCUT2D eigenvalue weighted by atomic mass is 10.1. The summed E-state index contributed by atoms with van der Waals surface area (Å²) in [5.74, 6) is -2.21. The van der Waals surface area contributed by atoms with Crippen molar-refractivity contribution in [1.29, 1.82) is 0 Å². The molecule has 0 heterocycles. The number of rotatable bonds is 5. The van der Waals surface area contributed by atoms with Crippen LogP contribution in [0.5, 0.6) is 0 Å². The summed E-state index contributed by atoms with van der Waals surface area (Å²) in [6, 6.07) is 8.38. The Morgan fingerprint density at radius 2 is 1.81 bits per heavy atom. The highest BCUT2D eigenvalue weighted by atomic mass is 32.2. The van der Waals surface area contributed by atoms with Crippen molar-refractivity contribution in [3.8, 4) is 0 Å². The molecule has 1 unspecified atom stereocenters. The molecule has 21 heavy (non-hydrogen) atoms. The van der Waals surface area contributed by atoms with Gasteiger partial charge >= 0.3 is 0 Å². The zero-order valence-corrected chi connectivity index (χ0v) is 12.6. The summed E-state index contributed by atoms with van der Waals surface area (Å²) in [5, 5.41) is 3.22. The maximum absolute atomic E-state index is 14.1. The average molecular weight is 311 g/mol. The molecule has 0 aliphatic rings. The lowest BCUT2D eigenvalue weighted by Gasteiger charge is -2.17. The van der Waals surface area contributed by atoms with Gasteiger partial charge in [0.1, 0.15) is 5.82 Å². The van der Waals surface area contributed by atoms with E-state index in [0.29, 0.717) is 9.79 Å². The highest BCUT2D eigenvalue weighted by Gasteiger charge is 2.15. The van der Waals surface area contributed by atoms with E-state index >= 15 is 0 Å². The molecule has 0 aliphatic heterocycles. The predicted octanol–water partition coefficient (Wildman–Crippen LogP) is 4.93. The number of hydrogen-bond acceptors (Lipinski definition) is 2. The summed E-state index contributed by atoms with van der Waals surface area (Å²) in [6.07, 6.45) is 0. The van der Waals surface area contributed by atoms with Gasteiger partial charge in [-0.3, -0.25) is 0 Å². The molecule has 0 bridgehead atoms. The van der Waals surface area contributed by atoms with E-state index in [1.165, 1.54) is 12.1 Å². The van der Waals surface area contributed by atoms with Gasteiger partial charge in [0, 0.05) is 10.9 Å². The summed E-state index contributed by atoms with van der Waals surface area (Å²) in [7, 11) is 0. The quantitative estimate of drug-likeness (QED) is 0.840. The standard InChI is InChI=1S/C16H16F3NS/c1-3-20-10(2)12-5-4-6-14(18)16(12)21-11-7-8-13(17)15(19)9-11/h4-10,20H,3H2,1-2H3. The lowest BCUT2D eigenvalue weighted by Crippen LogP contribution is -2.18. The van der Waals surface area contributed by atoms with Crippen LogP contribution < -0.4 is 5.32 Å². The van der Waals surface area contributed by atoms with Gasteiger partial charge in [-0.15, -0.1) is 0 Å². The minimum Gasteiger partial charge on any atom is -0.310 e. The Labute approximate surface area is 126 Å². The van der Waals surface area contributed by atoms with Crippen molar-refractivity contribution < 1.29 is 13.2 Å². The molecule has 5 heteroatoms. The van der Waals surface area contributed by atoms with E-state index in [0.717, 1.165) is 36.0 Å². The molecule has 1 N–H and O–H groups in total. The third kappa shape index (κ3) is 3.80. The van der Waals surface area contributed by atoms with E-state index in [9.17, 15) is 13.2 Å². The van der Waals surface area contributed by atoms with Crippen molar-refractivity contribution in [3.05, 3.63) is 59.4 Å². The molecule has 0 spiro atoms. The SMILES string of the molecule is CCNC(C)c1cccc(F)c1Sc1ccc(F)c(F)c1. The first-order valence-electron chi connectivity index (χ1n) is 6.67. The average Bonchev–Trinajstić information content (AvgIpc) is 2.45. The fourth-order valence-electron chi connectivity index (χ4n) is 2.05. The van der Waals surface area contributed by atoms with Crippen LogP contribution in [-0.2, 0) is 0 Å². The smallest absolute Gasteiger partial charge is 0.159 e. The maximum Gasteiger partial charge on any atom is 0.159 e. The zero-order chi connectivity index (χ0) is 15.4. The third-order valence-electron chi connectivity index (χ3n) is 3.09. The minimum atomic E-state index is -0.933. The first-order chi connectivity index (χ1) is 10.0. The van der Waals surface area contributed by atoms with Crippen molar-refractivity contribution in [3.63, 3.8) is 0 Å². The van der Waals surface area contributed by atoms with Crippen molar-refractivity contribution >= 4 is 11.8 Å². The van der Waals surface area contributed by atoms with E-state index in [-0.39, 0.29) is 11.9 Å². The van der Waals surface area contributed by atoms with Gasteiger partial charge in [0.15, 0.2) is 11.6 Å². The van der Waals surface area contributed by atoms with Crippen LogP contribution in [0.15, 0.2) is 46.2 Å². The molecule has 1 atom stereocenters. The van der Waals surface area contributed by atoms with Gasteiger partial charge in [-0.25, -0.2) is 13.2 Å². The monoisotopic (exact) mass is 311 g/mol. The first kappa shape index (κ1) is 15.9. The molecule has 0 aliphatic carbocycles. The highest BCUT2D eigenvalue weighted by Crippen LogP contribution is 2.35. The van der Waals surface area contributed by atoms with Crippen LogP contribution in [0.1, 0.15) is 25.5 Å². The number of hydrogen-bond donors (Lipinski definition) is 1. The Bertz CT molecular complexity index is 631. The van der Waals surface area contributed by atoms with Crippen LogP contribution >= 0.6 is 11.8 Å². The molecule has 0 saturated heterocycles. The Morgan fingerprint density at radius 1 is 1.05 bits per heavy atom. The molecule has 2 aromatic carbocycles. The molecular weight excluding hydrogens is 295 g/mol. The van der Waals surface area contributed by atoms with Gasteiger partial charge in [0.05, 0.1) is 4.90 Å². The third-order valence-corrected chi connectivity index (χ3v) is 4.21.